The molecule has 1 amide bonds. The van der Waals surface area contributed by atoms with Crippen LogP contribution in [0.4, 0.5) is 10.1 Å². The van der Waals surface area contributed by atoms with E-state index in [4.69, 9.17) is 0 Å². The molecule has 2 aromatic rings. The average Bonchev–Trinajstić information content (AvgIpc) is 3.08. The van der Waals surface area contributed by atoms with Crippen molar-refractivity contribution in [2.24, 2.45) is 0 Å². The van der Waals surface area contributed by atoms with Crippen LogP contribution in [0, 0.1) is 5.82 Å². The van der Waals surface area contributed by atoms with Crippen molar-refractivity contribution in [1.29, 1.82) is 0 Å². The van der Waals surface area contributed by atoms with Crippen molar-refractivity contribution in [2.45, 2.75) is 36.9 Å². The van der Waals surface area contributed by atoms with Gasteiger partial charge in [0.05, 0.1) is 5.69 Å². The Balaban J connectivity index is 2.36. The van der Waals surface area contributed by atoms with Gasteiger partial charge in [0.15, 0.2) is 0 Å². The molecule has 25 heavy (non-hydrogen) atoms. The maximum absolute atomic E-state index is 13.2. The van der Waals surface area contributed by atoms with Gasteiger partial charge in [-0.2, -0.15) is 0 Å². The number of hydrogen-bond acceptors (Lipinski definition) is 4. The predicted molar refractivity (Wildman–Crippen MR) is 97.8 cm³/mol. The summed E-state index contributed by atoms with van der Waals surface area (Å²) in [6, 6.07) is 8.13. The van der Waals surface area contributed by atoms with E-state index in [9.17, 15) is 17.6 Å². The molecule has 0 saturated heterocycles. The van der Waals surface area contributed by atoms with Crippen LogP contribution < -0.4 is 9.62 Å². The molecular formula is C17H21FN2O3S2. The first-order chi connectivity index (χ1) is 11.7. The molecule has 1 aromatic carbocycles. The van der Waals surface area contributed by atoms with Gasteiger partial charge in [0.1, 0.15) is 16.6 Å². The number of rotatable bonds is 7. The zero-order chi connectivity index (χ0) is 18.7. The van der Waals surface area contributed by atoms with Gasteiger partial charge in [-0.1, -0.05) is 13.0 Å². The molecule has 0 aliphatic rings. The largest absolute Gasteiger partial charge is 0.350 e. The Morgan fingerprint density at radius 3 is 2.40 bits per heavy atom. The van der Waals surface area contributed by atoms with Crippen molar-refractivity contribution >= 4 is 33.0 Å². The van der Waals surface area contributed by atoms with Crippen LogP contribution in [0.2, 0.25) is 0 Å². The highest BCUT2D eigenvalue weighted by atomic mass is 32.2. The molecule has 0 radical (unpaired) electrons. The molecule has 0 saturated carbocycles. The summed E-state index contributed by atoms with van der Waals surface area (Å²) < 4.78 is 40.2. The number of anilines is 1. The van der Waals surface area contributed by atoms with Crippen LogP contribution in [0.1, 0.15) is 27.2 Å². The molecule has 0 unspecified atom stereocenters. The molecule has 136 valence electrons. The number of nitrogens with one attached hydrogen (secondary N) is 1. The van der Waals surface area contributed by atoms with E-state index in [1.54, 1.807) is 11.4 Å². The lowest BCUT2D eigenvalue weighted by Crippen LogP contribution is -2.48. The molecule has 0 fully saturated rings. The van der Waals surface area contributed by atoms with Crippen molar-refractivity contribution in [3.8, 4) is 0 Å². The van der Waals surface area contributed by atoms with E-state index >= 15 is 0 Å². The summed E-state index contributed by atoms with van der Waals surface area (Å²) in [5.41, 5.74) is -0.211. The third kappa shape index (κ3) is 4.79. The monoisotopic (exact) mass is 384 g/mol. The molecule has 2 rings (SSSR count). The van der Waals surface area contributed by atoms with E-state index in [0.29, 0.717) is 6.42 Å². The molecule has 1 heterocycles. The second-order valence-corrected chi connectivity index (χ2v) is 9.24. The number of thiophene rings is 1. The molecule has 0 atom stereocenters. The zero-order valence-corrected chi connectivity index (χ0v) is 16.0. The summed E-state index contributed by atoms with van der Waals surface area (Å²) >= 11 is 1.07. The number of nitrogens with zero attached hydrogens (tertiary/aromatic N) is 1. The fourth-order valence-corrected chi connectivity index (χ4v) is 4.60. The summed E-state index contributed by atoms with van der Waals surface area (Å²) in [6.07, 6.45) is 0.701. The van der Waals surface area contributed by atoms with Crippen LogP contribution in [-0.4, -0.2) is 26.4 Å². The minimum absolute atomic E-state index is 0.124. The van der Waals surface area contributed by atoms with Gasteiger partial charge < -0.3 is 5.32 Å². The Labute approximate surface area is 151 Å². The molecule has 8 heteroatoms. The predicted octanol–water partition coefficient (Wildman–Crippen LogP) is 3.39. The third-order valence-corrected chi connectivity index (χ3v) is 6.95. The number of sulfonamides is 1. The van der Waals surface area contributed by atoms with Crippen molar-refractivity contribution in [3.05, 3.63) is 47.6 Å². The minimum atomic E-state index is -3.91. The van der Waals surface area contributed by atoms with Crippen LogP contribution in [-0.2, 0) is 14.8 Å². The zero-order valence-electron chi connectivity index (χ0n) is 14.3. The Morgan fingerprint density at radius 2 is 1.88 bits per heavy atom. The third-order valence-electron chi connectivity index (χ3n) is 3.80. The van der Waals surface area contributed by atoms with Gasteiger partial charge in [0.25, 0.3) is 10.0 Å². The lowest BCUT2D eigenvalue weighted by atomic mass is 10.0. The number of hydrogen-bond donors (Lipinski definition) is 1. The SMILES string of the molecule is CCC(C)(C)NC(=O)CN(c1ccc(F)cc1)S(=O)(=O)c1cccs1. The maximum Gasteiger partial charge on any atom is 0.274 e. The summed E-state index contributed by atoms with van der Waals surface area (Å²) in [7, 11) is -3.91. The van der Waals surface area contributed by atoms with E-state index < -0.39 is 27.3 Å². The fourth-order valence-electron chi connectivity index (χ4n) is 2.08. The lowest BCUT2D eigenvalue weighted by Gasteiger charge is -2.28. The molecule has 5 nitrogen and oxygen atoms in total. The highest BCUT2D eigenvalue weighted by Crippen LogP contribution is 2.26. The second-order valence-electron chi connectivity index (χ2n) is 6.21. The highest BCUT2D eigenvalue weighted by molar-refractivity contribution is 7.94. The normalized spacial score (nSPS) is 12.0. The summed E-state index contributed by atoms with van der Waals surface area (Å²) in [4.78, 5) is 12.4. The first kappa shape index (κ1) is 19.4. The number of benzene rings is 1. The standard InChI is InChI=1S/C17H21FN2O3S2/c1-4-17(2,3)19-15(21)12-20(14-9-7-13(18)8-10-14)25(22,23)16-6-5-11-24-16/h5-11H,4,12H2,1-3H3,(H,19,21). The van der Waals surface area contributed by atoms with Crippen LogP contribution in [0.5, 0.6) is 0 Å². The van der Waals surface area contributed by atoms with Crippen molar-refractivity contribution < 1.29 is 17.6 Å². The fraction of sp³-hybridized carbons (Fsp3) is 0.353. The summed E-state index contributed by atoms with van der Waals surface area (Å²) in [5.74, 6) is -0.898. The first-order valence-electron chi connectivity index (χ1n) is 7.78. The van der Waals surface area contributed by atoms with Gasteiger partial charge in [-0.25, -0.2) is 12.8 Å². The van der Waals surface area contributed by atoms with E-state index in [1.807, 2.05) is 20.8 Å². The van der Waals surface area contributed by atoms with Gasteiger partial charge in [-0.3, -0.25) is 9.10 Å². The molecule has 0 aliphatic carbocycles. The Hall–Kier alpha value is -1.93. The number of carbonyl (C=O) groups is 1. The van der Waals surface area contributed by atoms with Gasteiger partial charge in [0.2, 0.25) is 5.91 Å². The van der Waals surface area contributed by atoms with Crippen LogP contribution in [0.3, 0.4) is 0 Å². The number of halogens is 1. The van der Waals surface area contributed by atoms with Gasteiger partial charge in [-0.05, 0) is 56.0 Å². The average molecular weight is 384 g/mol. The number of carbonyl (C=O) groups excluding carboxylic acids is 1. The van der Waals surface area contributed by atoms with Gasteiger partial charge >= 0.3 is 0 Å². The summed E-state index contributed by atoms with van der Waals surface area (Å²) in [6.45, 7) is 5.28. The van der Waals surface area contributed by atoms with Crippen molar-refractivity contribution in [1.82, 2.24) is 5.32 Å². The Kier molecular flexibility index (Phi) is 5.84. The molecule has 1 N–H and O–H groups in total. The Bertz CT molecular complexity index is 816. The molecule has 0 aliphatic heterocycles. The molecular weight excluding hydrogens is 363 g/mol. The van der Waals surface area contributed by atoms with Crippen LogP contribution >= 0.6 is 11.3 Å². The first-order valence-corrected chi connectivity index (χ1v) is 10.1. The molecule has 0 spiro atoms. The van der Waals surface area contributed by atoms with E-state index in [0.717, 1.165) is 15.6 Å². The van der Waals surface area contributed by atoms with Crippen molar-refractivity contribution in [2.75, 3.05) is 10.8 Å². The van der Waals surface area contributed by atoms with E-state index in [2.05, 4.69) is 5.32 Å². The smallest absolute Gasteiger partial charge is 0.274 e. The molecule has 0 bridgehead atoms. The maximum atomic E-state index is 13.2. The van der Waals surface area contributed by atoms with Gasteiger partial charge in [-0.15, -0.1) is 11.3 Å². The quantitative estimate of drug-likeness (QED) is 0.796. The van der Waals surface area contributed by atoms with E-state index in [-0.39, 0.29) is 16.4 Å². The van der Waals surface area contributed by atoms with Crippen molar-refractivity contribution in [3.63, 3.8) is 0 Å². The van der Waals surface area contributed by atoms with Crippen LogP contribution in [0.25, 0.3) is 0 Å². The van der Waals surface area contributed by atoms with Gasteiger partial charge in [0, 0.05) is 5.54 Å². The van der Waals surface area contributed by atoms with E-state index in [1.165, 1.54) is 30.3 Å². The minimum Gasteiger partial charge on any atom is -0.350 e. The second kappa shape index (κ2) is 7.53. The topological polar surface area (TPSA) is 66.5 Å². The molecule has 1 aromatic heterocycles. The highest BCUT2D eigenvalue weighted by Gasteiger charge is 2.29. The number of amides is 1. The Morgan fingerprint density at radius 1 is 1.24 bits per heavy atom. The lowest BCUT2D eigenvalue weighted by molar-refractivity contribution is -0.121. The van der Waals surface area contributed by atoms with Crippen LogP contribution in [0.15, 0.2) is 46.0 Å². The summed E-state index contributed by atoms with van der Waals surface area (Å²) in [5, 5.41) is 4.47.